The van der Waals surface area contributed by atoms with Crippen molar-refractivity contribution in [1.29, 1.82) is 0 Å². The van der Waals surface area contributed by atoms with Crippen LogP contribution in [0.1, 0.15) is 5.56 Å². The minimum absolute atomic E-state index is 0.328. The Morgan fingerprint density at radius 3 is 2.22 bits per heavy atom. The normalized spacial score (nSPS) is 11.1. The first-order chi connectivity index (χ1) is 8.60. The molecule has 0 aliphatic heterocycles. The van der Waals surface area contributed by atoms with Crippen LogP contribution in [0, 0.1) is 5.82 Å². The molecule has 0 aliphatic carbocycles. The van der Waals surface area contributed by atoms with Gasteiger partial charge in [-0.15, -0.1) is 0 Å². The van der Waals surface area contributed by atoms with Crippen molar-refractivity contribution in [3.63, 3.8) is 0 Å². The van der Waals surface area contributed by atoms with Gasteiger partial charge in [0, 0.05) is 15.6 Å². The highest BCUT2D eigenvalue weighted by Crippen LogP contribution is 2.28. The van der Waals surface area contributed by atoms with E-state index in [0.717, 1.165) is 5.56 Å². The second-order valence-corrected chi connectivity index (χ2v) is 4.55. The summed E-state index contributed by atoms with van der Waals surface area (Å²) in [4.78, 5) is 0. The summed E-state index contributed by atoms with van der Waals surface area (Å²) in [6.45, 7) is 0. The predicted molar refractivity (Wildman–Crippen MR) is 73.6 cm³/mol. The maximum atomic E-state index is 13.7. The fraction of sp³-hybridized carbons (Fsp3) is 0. The lowest BCUT2D eigenvalue weighted by atomic mass is 10.0. The van der Waals surface area contributed by atoms with E-state index in [0.29, 0.717) is 21.2 Å². The zero-order chi connectivity index (χ0) is 13.1. The Bertz CT molecular complexity index is 592. The van der Waals surface area contributed by atoms with Gasteiger partial charge in [-0.2, -0.15) is 5.10 Å². The number of rotatable bonds is 2. The van der Waals surface area contributed by atoms with E-state index in [1.54, 1.807) is 30.3 Å². The van der Waals surface area contributed by atoms with Gasteiger partial charge in [0.05, 0.1) is 6.21 Å². The molecule has 0 bridgehead atoms. The number of halogens is 3. The third-order valence-corrected chi connectivity index (χ3v) is 2.85. The van der Waals surface area contributed by atoms with Gasteiger partial charge < -0.3 is 5.84 Å². The van der Waals surface area contributed by atoms with Crippen LogP contribution >= 0.6 is 23.2 Å². The topological polar surface area (TPSA) is 38.4 Å². The Morgan fingerprint density at radius 2 is 1.67 bits per heavy atom. The summed E-state index contributed by atoms with van der Waals surface area (Å²) in [5.41, 5.74) is 1.77. The first-order valence-electron chi connectivity index (χ1n) is 5.09. The van der Waals surface area contributed by atoms with Gasteiger partial charge in [-0.25, -0.2) is 4.39 Å². The molecule has 0 unspecified atom stereocenters. The molecule has 0 heterocycles. The van der Waals surface area contributed by atoms with E-state index >= 15 is 0 Å². The van der Waals surface area contributed by atoms with Crippen molar-refractivity contribution < 1.29 is 4.39 Å². The van der Waals surface area contributed by atoms with Crippen LogP contribution in [0.25, 0.3) is 11.1 Å². The highest BCUT2D eigenvalue weighted by molar-refractivity contribution is 6.35. The average Bonchev–Trinajstić information content (AvgIpc) is 2.30. The first-order valence-corrected chi connectivity index (χ1v) is 5.85. The molecular weight excluding hydrogens is 274 g/mol. The van der Waals surface area contributed by atoms with E-state index in [9.17, 15) is 4.39 Å². The number of benzene rings is 2. The molecule has 2 rings (SSSR count). The molecule has 5 heteroatoms. The van der Waals surface area contributed by atoms with Gasteiger partial charge >= 0.3 is 0 Å². The molecule has 2 nitrogen and oxygen atoms in total. The molecule has 0 amide bonds. The second-order valence-electron chi connectivity index (χ2n) is 3.67. The summed E-state index contributed by atoms with van der Waals surface area (Å²) in [6, 6.07) is 9.80. The summed E-state index contributed by atoms with van der Waals surface area (Å²) in [6.07, 6.45) is 1.25. The van der Waals surface area contributed by atoms with Crippen LogP contribution in [0.3, 0.4) is 0 Å². The molecule has 0 saturated carbocycles. The van der Waals surface area contributed by atoms with Crippen molar-refractivity contribution in [2.45, 2.75) is 0 Å². The molecule has 0 aliphatic rings. The van der Waals surface area contributed by atoms with Crippen molar-refractivity contribution in [3.05, 3.63) is 57.8 Å². The van der Waals surface area contributed by atoms with Crippen molar-refractivity contribution in [2.24, 2.45) is 10.9 Å². The van der Waals surface area contributed by atoms with Crippen molar-refractivity contribution in [1.82, 2.24) is 0 Å². The third-order valence-electron chi connectivity index (χ3n) is 2.41. The Kier molecular flexibility index (Phi) is 3.84. The Labute approximate surface area is 114 Å². The van der Waals surface area contributed by atoms with Crippen molar-refractivity contribution >= 4 is 29.4 Å². The van der Waals surface area contributed by atoms with E-state index in [2.05, 4.69) is 5.10 Å². The third kappa shape index (κ3) is 2.81. The molecule has 0 saturated heterocycles. The quantitative estimate of drug-likeness (QED) is 0.503. The first kappa shape index (κ1) is 12.9. The van der Waals surface area contributed by atoms with Crippen LogP contribution in [0.5, 0.6) is 0 Å². The molecule has 0 atom stereocenters. The zero-order valence-corrected chi connectivity index (χ0v) is 10.7. The monoisotopic (exact) mass is 282 g/mol. The number of nitrogens with zero attached hydrogens (tertiary/aromatic N) is 1. The number of hydrogen-bond acceptors (Lipinski definition) is 2. The molecule has 2 aromatic rings. The summed E-state index contributed by atoms with van der Waals surface area (Å²) < 4.78 is 13.7. The average molecular weight is 283 g/mol. The van der Waals surface area contributed by atoms with Gasteiger partial charge in [-0.1, -0.05) is 29.3 Å². The van der Waals surface area contributed by atoms with Crippen molar-refractivity contribution in [3.8, 4) is 11.1 Å². The minimum Gasteiger partial charge on any atom is -0.323 e. The molecule has 0 spiro atoms. The largest absolute Gasteiger partial charge is 0.323 e. The van der Waals surface area contributed by atoms with Crippen LogP contribution in [0.2, 0.25) is 10.0 Å². The zero-order valence-electron chi connectivity index (χ0n) is 9.20. The van der Waals surface area contributed by atoms with E-state index < -0.39 is 5.82 Å². The van der Waals surface area contributed by atoms with Gasteiger partial charge in [0.1, 0.15) is 5.82 Å². The molecule has 92 valence electrons. The number of hydrogen-bond donors (Lipinski definition) is 1. The van der Waals surface area contributed by atoms with Crippen LogP contribution in [-0.4, -0.2) is 6.21 Å². The fourth-order valence-electron chi connectivity index (χ4n) is 1.61. The minimum atomic E-state index is -0.405. The molecule has 0 radical (unpaired) electrons. The molecule has 0 fully saturated rings. The van der Waals surface area contributed by atoms with Gasteiger partial charge in [0.15, 0.2) is 0 Å². The molecule has 2 aromatic carbocycles. The van der Waals surface area contributed by atoms with E-state index in [4.69, 9.17) is 29.0 Å². The lowest BCUT2D eigenvalue weighted by Crippen LogP contribution is -1.92. The summed E-state index contributed by atoms with van der Waals surface area (Å²) in [5.74, 6) is 4.58. The second kappa shape index (κ2) is 5.38. The predicted octanol–water partition coefficient (Wildman–Crippen LogP) is 4.09. The van der Waals surface area contributed by atoms with Crippen LogP contribution in [0.4, 0.5) is 4.39 Å². The Balaban J connectivity index is 2.48. The standard InChI is InChI=1S/C13H9Cl2FN2/c14-11-3-10(4-12(15)6-11)8-1-2-9(7-18-17)13(16)5-8/h1-7H,17H2. The molecular formula is C13H9Cl2FN2. The summed E-state index contributed by atoms with van der Waals surface area (Å²) in [7, 11) is 0. The molecule has 18 heavy (non-hydrogen) atoms. The van der Waals surface area contributed by atoms with Gasteiger partial charge in [0.25, 0.3) is 0 Å². The number of hydrazone groups is 1. The Morgan fingerprint density at radius 1 is 1.00 bits per heavy atom. The van der Waals surface area contributed by atoms with Crippen molar-refractivity contribution in [2.75, 3.05) is 0 Å². The smallest absolute Gasteiger partial charge is 0.132 e. The molecule has 0 aromatic heterocycles. The van der Waals surface area contributed by atoms with E-state index in [1.807, 2.05) is 0 Å². The highest BCUT2D eigenvalue weighted by Gasteiger charge is 2.05. The lowest BCUT2D eigenvalue weighted by molar-refractivity contribution is 0.626. The highest BCUT2D eigenvalue weighted by atomic mass is 35.5. The van der Waals surface area contributed by atoms with Crippen LogP contribution in [-0.2, 0) is 0 Å². The summed E-state index contributed by atoms with van der Waals surface area (Å²) in [5, 5.41) is 4.30. The maximum absolute atomic E-state index is 13.7. The maximum Gasteiger partial charge on any atom is 0.132 e. The van der Waals surface area contributed by atoms with Gasteiger partial charge in [-0.3, -0.25) is 0 Å². The van der Waals surface area contributed by atoms with E-state index in [-0.39, 0.29) is 0 Å². The van der Waals surface area contributed by atoms with Gasteiger partial charge in [0.2, 0.25) is 0 Å². The summed E-state index contributed by atoms with van der Waals surface area (Å²) >= 11 is 11.8. The van der Waals surface area contributed by atoms with Gasteiger partial charge in [-0.05, 0) is 41.5 Å². The number of nitrogens with two attached hydrogens (primary N) is 1. The fourth-order valence-corrected chi connectivity index (χ4v) is 2.14. The van der Waals surface area contributed by atoms with E-state index in [1.165, 1.54) is 12.3 Å². The SMILES string of the molecule is NN=Cc1ccc(-c2cc(Cl)cc(Cl)c2)cc1F. The Hall–Kier alpha value is -1.58. The lowest BCUT2D eigenvalue weighted by Gasteiger charge is -2.05. The molecule has 2 N–H and O–H groups in total. The van der Waals surface area contributed by atoms with Crippen LogP contribution < -0.4 is 5.84 Å². The van der Waals surface area contributed by atoms with Crippen LogP contribution in [0.15, 0.2) is 41.5 Å².